The highest BCUT2D eigenvalue weighted by molar-refractivity contribution is 14.1. The van der Waals surface area contributed by atoms with E-state index in [9.17, 15) is 8.42 Å². The fourth-order valence-corrected chi connectivity index (χ4v) is 2.80. The van der Waals surface area contributed by atoms with Crippen LogP contribution in [0.4, 0.5) is 0 Å². The highest BCUT2D eigenvalue weighted by atomic mass is 127. The number of rotatable bonds is 5. The van der Waals surface area contributed by atoms with Crippen molar-refractivity contribution in [3.05, 3.63) is 35.9 Å². The predicted octanol–water partition coefficient (Wildman–Crippen LogP) is 2.49. The predicted molar refractivity (Wildman–Crippen MR) is 75.3 cm³/mol. The maximum atomic E-state index is 11.6. The van der Waals surface area contributed by atoms with Crippen LogP contribution in [0.1, 0.15) is 23.3 Å². The maximum Gasteiger partial charge on any atom is 0.213 e. The van der Waals surface area contributed by atoms with Crippen LogP contribution in [-0.4, -0.2) is 20.2 Å². The molecule has 0 bridgehead atoms. The Morgan fingerprint density at radius 2 is 1.81 bits per heavy atom. The number of hydrogen-bond acceptors (Lipinski definition) is 2. The van der Waals surface area contributed by atoms with Crippen LogP contribution >= 0.6 is 22.6 Å². The zero-order valence-electron chi connectivity index (χ0n) is 9.35. The lowest BCUT2D eigenvalue weighted by atomic mass is 10.2. The van der Waals surface area contributed by atoms with Crippen LogP contribution in [-0.2, 0) is 10.0 Å². The fraction of sp³-hybridized carbons (Fsp3) is 0.455. The Morgan fingerprint density at radius 1 is 1.25 bits per heavy atom. The van der Waals surface area contributed by atoms with Gasteiger partial charge >= 0.3 is 0 Å². The third-order valence-electron chi connectivity index (χ3n) is 2.25. The van der Waals surface area contributed by atoms with E-state index in [-0.39, 0.29) is 9.17 Å². The lowest BCUT2D eigenvalue weighted by Crippen LogP contribution is -2.32. The molecule has 1 unspecified atom stereocenters. The number of sulfonamides is 1. The summed E-state index contributed by atoms with van der Waals surface area (Å²) in [6, 6.07) is 9.86. The van der Waals surface area contributed by atoms with Gasteiger partial charge in [0.2, 0.25) is 10.0 Å². The van der Waals surface area contributed by atoms with Gasteiger partial charge in [-0.2, -0.15) is 0 Å². The number of halogens is 1. The smallest absolute Gasteiger partial charge is 0.213 e. The van der Waals surface area contributed by atoms with Gasteiger partial charge in [0.15, 0.2) is 0 Å². The summed E-state index contributed by atoms with van der Waals surface area (Å²) < 4.78 is 25.9. The van der Waals surface area contributed by atoms with Gasteiger partial charge in [0.25, 0.3) is 0 Å². The SMILES string of the molecule is CC(C)S(=O)(=O)NCC(I)c1ccccc1. The topological polar surface area (TPSA) is 46.2 Å². The van der Waals surface area contributed by atoms with E-state index in [2.05, 4.69) is 27.3 Å². The molecule has 16 heavy (non-hydrogen) atoms. The minimum Gasteiger partial charge on any atom is -0.214 e. The van der Waals surface area contributed by atoms with Gasteiger partial charge in [-0.1, -0.05) is 52.9 Å². The molecule has 0 fully saturated rings. The highest BCUT2D eigenvalue weighted by Crippen LogP contribution is 2.22. The summed E-state index contributed by atoms with van der Waals surface area (Å²) in [7, 11) is -3.16. The van der Waals surface area contributed by atoms with Crippen LogP contribution in [0, 0.1) is 0 Å². The van der Waals surface area contributed by atoms with Crippen molar-refractivity contribution in [2.24, 2.45) is 0 Å². The van der Waals surface area contributed by atoms with E-state index in [0.29, 0.717) is 6.54 Å². The molecule has 1 atom stereocenters. The van der Waals surface area contributed by atoms with Gasteiger partial charge in [0.1, 0.15) is 0 Å². The van der Waals surface area contributed by atoms with Crippen LogP contribution in [0.15, 0.2) is 30.3 Å². The summed E-state index contributed by atoms with van der Waals surface area (Å²) in [5.41, 5.74) is 1.13. The molecule has 0 aliphatic carbocycles. The molecule has 0 amide bonds. The van der Waals surface area contributed by atoms with Crippen LogP contribution in [0.5, 0.6) is 0 Å². The van der Waals surface area contributed by atoms with Crippen molar-refractivity contribution >= 4 is 32.6 Å². The summed E-state index contributed by atoms with van der Waals surface area (Å²) in [5, 5.41) is -0.383. The zero-order chi connectivity index (χ0) is 12.2. The Morgan fingerprint density at radius 3 is 2.31 bits per heavy atom. The molecule has 90 valence electrons. The quantitative estimate of drug-likeness (QED) is 0.653. The molecule has 0 aliphatic heterocycles. The number of nitrogens with one attached hydrogen (secondary N) is 1. The normalized spacial score (nSPS) is 14.0. The van der Waals surface area contributed by atoms with Crippen LogP contribution in [0.3, 0.4) is 0 Å². The van der Waals surface area contributed by atoms with Gasteiger partial charge < -0.3 is 0 Å². The molecule has 0 heterocycles. The maximum absolute atomic E-state index is 11.6. The van der Waals surface area contributed by atoms with E-state index in [1.54, 1.807) is 13.8 Å². The van der Waals surface area contributed by atoms with Gasteiger partial charge in [-0.3, -0.25) is 0 Å². The Balaban J connectivity index is 2.58. The van der Waals surface area contributed by atoms with Crippen molar-refractivity contribution in [3.63, 3.8) is 0 Å². The minimum atomic E-state index is -3.16. The van der Waals surface area contributed by atoms with E-state index in [4.69, 9.17) is 0 Å². The molecule has 0 spiro atoms. The first-order chi connectivity index (χ1) is 7.43. The Labute approximate surface area is 111 Å². The van der Waals surface area contributed by atoms with Crippen molar-refractivity contribution in [2.75, 3.05) is 6.54 Å². The molecule has 1 rings (SSSR count). The first-order valence-electron chi connectivity index (χ1n) is 5.11. The molecule has 0 radical (unpaired) electrons. The summed E-state index contributed by atoms with van der Waals surface area (Å²) in [6.07, 6.45) is 0. The number of benzene rings is 1. The van der Waals surface area contributed by atoms with Crippen molar-refractivity contribution in [3.8, 4) is 0 Å². The monoisotopic (exact) mass is 353 g/mol. The lowest BCUT2D eigenvalue weighted by Gasteiger charge is -2.13. The number of hydrogen-bond donors (Lipinski definition) is 1. The standard InChI is InChI=1S/C11H16INO2S/c1-9(2)16(14,15)13-8-11(12)10-6-4-3-5-7-10/h3-7,9,11,13H,8H2,1-2H3. The average molecular weight is 353 g/mol. The molecule has 0 saturated heterocycles. The highest BCUT2D eigenvalue weighted by Gasteiger charge is 2.17. The largest absolute Gasteiger partial charge is 0.214 e. The summed E-state index contributed by atoms with van der Waals surface area (Å²) >= 11 is 2.24. The van der Waals surface area contributed by atoms with Crippen molar-refractivity contribution in [1.29, 1.82) is 0 Å². The third-order valence-corrected chi connectivity index (χ3v) is 5.22. The van der Waals surface area contributed by atoms with E-state index in [0.717, 1.165) is 5.56 Å². The molecule has 1 aromatic carbocycles. The fourth-order valence-electron chi connectivity index (χ4n) is 1.14. The molecule has 0 saturated carbocycles. The second kappa shape index (κ2) is 5.97. The van der Waals surface area contributed by atoms with Crippen LogP contribution < -0.4 is 4.72 Å². The summed E-state index contributed by atoms with van der Waals surface area (Å²) in [4.78, 5) is 0. The van der Waals surface area contributed by atoms with Gasteiger partial charge in [-0.15, -0.1) is 0 Å². The van der Waals surface area contributed by atoms with Gasteiger partial charge in [-0.05, 0) is 19.4 Å². The van der Waals surface area contributed by atoms with Crippen molar-refractivity contribution in [1.82, 2.24) is 4.72 Å². The average Bonchev–Trinajstić information content (AvgIpc) is 2.27. The third kappa shape index (κ3) is 4.03. The Bertz CT molecular complexity index is 417. The van der Waals surface area contributed by atoms with Crippen molar-refractivity contribution in [2.45, 2.75) is 23.0 Å². The first-order valence-corrected chi connectivity index (χ1v) is 7.90. The van der Waals surface area contributed by atoms with Crippen LogP contribution in [0.2, 0.25) is 0 Å². The van der Waals surface area contributed by atoms with E-state index < -0.39 is 10.0 Å². The zero-order valence-corrected chi connectivity index (χ0v) is 12.3. The van der Waals surface area contributed by atoms with E-state index >= 15 is 0 Å². The lowest BCUT2D eigenvalue weighted by molar-refractivity contribution is 0.572. The second-order valence-corrected chi connectivity index (χ2v) is 7.65. The van der Waals surface area contributed by atoms with Crippen LogP contribution in [0.25, 0.3) is 0 Å². The molecule has 5 heteroatoms. The molecular weight excluding hydrogens is 337 g/mol. The number of alkyl halides is 1. The molecule has 0 aliphatic rings. The molecule has 3 nitrogen and oxygen atoms in total. The first kappa shape index (κ1) is 13.9. The van der Waals surface area contributed by atoms with Crippen molar-refractivity contribution < 1.29 is 8.42 Å². The molecule has 1 N–H and O–H groups in total. The molecule has 0 aromatic heterocycles. The summed E-state index contributed by atoms with van der Waals surface area (Å²) in [5.74, 6) is 0. The van der Waals surface area contributed by atoms with E-state index in [1.807, 2.05) is 30.3 Å². The van der Waals surface area contributed by atoms with E-state index in [1.165, 1.54) is 0 Å². The second-order valence-electron chi connectivity index (χ2n) is 3.82. The van der Waals surface area contributed by atoms with Gasteiger partial charge in [-0.25, -0.2) is 13.1 Å². The minimum absolute atomic E-state index is 0.160. The Hall–Kier alpha value is -0.140. The Kier molecular flexibility index (Phi) is 5.20. The molecule has 1 aromatic rings. The van der Waals surface area contributed by atoms with Gasteiger partial charge in [0.05, 0.1) is 5.25 Å². The summed E-state index contributed by atoms with van der Waals surface area (Å²) in [6.45, 7) is 3.78. The van der Waals surface area contributed by atoms with Gasteiger partial charge in [0, 0.05) is 10.5 Å². The molecular formula is C11H16INO2S.